The topological polar surface area (TPSA) is 111 Å². The van der Waals surface area contributed by atoms with Gasteiger partial charge in [-0.05, 0) is 24.6 Å². The molecule has 0 aliphatic rings. The zero-order chi connectivity index (χ0) is 15.4. The summed E-state index contributed by atoms with van der Waals surface area (Å²) >= 11 is 0. The minimum Gasteiger partial charge on any atom is -0.397 e. The number of nitro benzene ring substituents is 1. The molecule has 21 heavy (non-hydrogen) atoms. The van der Waals surface area contributed by atoms with Crippen LogP contribution in [0.3, 0.4) is 0 Å². The van der Waals surface area contributed by atoms with Gasteiger partial charge in [0.05, 0.1) is 16.8 Å². The highest BCUT2D eigenvalue weighted by Gasteiger charge is 2.15. The van der Waals surface area contributed by atoms with Crippen molar-refractivity contribution < 1.29 is 9.72 Å². The van der Waals surface area contributed by atoms with Crippen LogP contribution in [0.15, 0.2) is 36.5 Å². The molecule has 108 valence electrons. The van der Waals surface area contributed by atoms with Crippen LogP contribution in [-0.4, -0.2) is 15.8 Å². The van der Waals surface area contributed by atoms with Crippen molar-refractivity contribution in [3.8, 4) is 0 Å². The van der Waals surface area contributed by atoms with Crippen LogP contribution >= 0.6 is 0 Å². The number of benzene rings is 1. The predicted octanol–water partition coefficient (Wildman–Crippen LogP) is 2.39. The van der Waals surface area contributed by atoms with Crippen LogP contribution in [0.4, 0.5) is 17.1 Å². The van der Waals surface area contributed by atoms with E-state index in [0.717, 1.165) is 0 Å². The van der Waals surface area contributed by atoms with Gasteiger partial charge in [0.25, 0.3) is 11.6 Å². The SMILES string of the molecule is CCc1ccc(NC(=O)c2ccc(N)cn2)cc1[N+](=O)[O-]. The molecule has 0 fully saturated rings. The lowest BCUT2D eigenvalue weighted by molar-refractivity contribution is -0.385. The largest absolute Gasteiger partial charge is 0.397 e. The van der Waals surface area contributed by atoms with Crippen molar-refractivity contribution in [2.75, 3.05) is 11.1 Å². The Hall–Kier alpha value is -2.96. The van der Waals surface area contributed by atoms with Crippen LogP contribution in [-0.2, 0) is 6.42 Å². The monoisotopic (exact) mass is 286 g/mol. The molecule has 1 aromatic carbocycles. The number of hydrogen-bond acceptors (Lipinski definition) is 5. The summed E-state index contributed by atoms with van der Waals surface area (Å²) in [7, 11) is 0. The summed E-state index contributed by atoms with van der Waals surface area (Å²) in [5.74, 6) is -0.450. The maximum Gasteiger partial charge on any atom is 0.274 e. The number of carbonyl (C=O) groups excluding carboxylic acids is 1. The Kier molecular flexibility index (Phi) is 4.13. The van der Waals surface area contributed by atoms with E-state index in [0.29, 0.717) is 23.4 Å². The smallest absolute Gasteiger partial charge is 0.274 e. The molecule has 0 radical (unpaired) electrons. The molecule has 7 nitrogen and oxygen atoms in total. The number of nitrogens with zero attached hydrogens (tertiary/aromatic N) is 2. The number of rotatable bonds is 4. The summed E-state index contributed by atoms with van der Waals surface area (Å²) in [6.07, 6.45) is 1.92. The molecule has 0 spiro atoms. The van der Waals surface area contributed by atoms with Gasteiger partial charge >= 0.3 is 0 Å². The molecule has 1 heterocycles. The minimum absolute atomic E-state index is 0.0134. The van der Waals surface area contributed by atoms with Gasteiger partial charge < -0.3 is 11.1 Å². The number of anilines is 2. The second-order valence-corrected chi connectivity index (χ2v) is 4.39. The number of pyridine rings is 1. The van der Waals surface area contributed by atoms with Crippen LogP contribution in [0.5, 0.6) is 0 Å². The predicted molar refractivity (Wildman–Crippen MR) is 79.1 cm³/mol. The lowest BCUT2D eigenvalue weighted by Gasteiger charge is -2.06. The fourth-order valence-electron chi connectivity index (χ4n) is 1.85. The van der Waals surface area contributed by atoms with Gasteiger partial charge in [0.1, 0.15) is 5.69 Å². The Morgan fingerprint density at radius 1 is 1.38 bits per heavy atom. The number of nitrogens with two attached hydrogens (primary N) is 1. The molecule has 0 saturated carbocycles. The lowest BCUT2D eigenvalue weighted by atomic mass is 10.1. The van der Waals surface area contributed by atoms with E-state index in [1.165, 1.54) is 18.3 Å². The van der Waals surface area contributed by atoms with Crippen LogP contribution in [0.2, 0.25) is 0 Å². The van der Waals surface area contributed by atoms with Gasteiger partial charge in [-0.1, -0.05) is 13.0 Å². The highest BCUT2D eigenvalue weighted by Crippen LogP contribution is 2.24. The van der Waals surface area contributed by atoms with Gasteiger partial charge in [0, 0.05) is 17.3 Å². The first-order chi connectivity index (χ1) is 10.0. The summed E-state index contributed by atoms with van der Waals surface area (Å²) < 4.78 is 0. The number of aryl methyl sites for hydroxylation is 1. The molecule has 2 aromatic rings. The van der Waals surface area contributed by atoms with E-state index in [2.05, 4.69) is 10.3 Å². The van der Waals surface area contributed by atoms with E-state index < -0.39 is 10.8 Å². The third-order valence-corrected chi connectivity index (χ3v) is 2.94. The van der Waals surface area contributed by atoms with Crippen LogP contribution in [0.25, 0.3) is 0 Å². The van der Waals surface area contributed by atoms with E-state index in [-0.39, 0.29) is 11.4 Å². The first kappa shape index (κ1) is 14.4. The van der Waals surface area contributed by atoms with E-state index in [1.807, 2.05) is 6.92 Å². The van der Waals surface area contributed by atoms with Crippen LogP contribution in [0.1, 0.15) is 23.0 Å². The average molecular weight is 286 g/mol. The zero-order valence-corrected chi connectivity index (χ0v) is 11.4. The number of nitrogens with one attached hydrogen (secondary N) is 1. The highest BCUT2D eigenvalue weighted by molar-refractivity contribution is 6.03. The van der Waals surface area contributed by atoms with Crippen LogP contribution < -0.4 is 11.1 Å². The normalized spacial score (nSPS) is 10.1. The van der Waals surface area contributed by atoms with Gasteiger partial charge in [-0.15, -0.1) is 0 Å². The molecule has 0 aliphatic heterocycles. The maximum absolute atomic E-state index is 12.0. The van der Waals surface area contributed by atoms with Crippen LogP contribution in [0, 0.1) is 10.1 Å². The molecule has 1 amide bonds. The molecule has 1 aromatic heterocycles. The van der Waals surface area contributed by atoms with E-state index in [4.69, 9.17) is 5.73 Å². The first-order valence-electron chi connectivity index (χ1n) is 6.31. The van der Waals surface area contributed by atoms with Crippen molar-refractivity contribution >= 4 is 23.0 Å². The van der Waals surface area contributed by atoms with E-state index in [1.54, 1.807) is 18.2 Å². The molecule has 0 bridgehead atoms. The lowest BCUT2D eigenvalue weighted by Crippen LogP contribution is -2.14. The molecule has 0 saturated heterocycles. The van der Waals surface area contributed by atoms with Gasteiger partial charge in [-0.25, -0.2) is 4.98 Å². The maximum atomic E-state index is 12.0. The molecule has 0 unspecified atom stereocenters. The Morgan fingerprint density at radius 3 is 2.71 bits per heavy atom. The third kappa shape index (κ3) is 3.33. The quantitative estimate of drug-likeness (QED) is 0.662. The molecular formula is C14H14N4O3. The number of hydrogen-bond donors (Lipinski definition) is 2. The van der Waals surface area contributed by atoms with Gasteiger partial charge in [0.2, 0.25) is 0 Å². The molecule has 0 aliphatic carbocycles. The number of amides is 1. The third-order valence-electron chi connectivity index (χ3n) is 2.94. The molecule has 7 heteroatoms. The Labute approximate surface area is 121 Å². The minimum atomic E-state index is -0.462. The fraction of sp³-hybridized carbons (Fsp3) is 0.143. The number of nitrogen functional groups attached to an aromatic ring is 1. The summed E-state index contributed by atoms with van der Waals surface area (Å²) in [4.78, 5) is 26.4. The Bertz CT molecular complexity index is 683. The number of carbonyl (C=O) groups is 1. The first-order valence-corrected chi connectivity index (χ1v) is 6.31. The molecule has 0 atom stereocenters. The molecule has 2 rings (SSSR count). The fourth-order valence-corrected chi connectivity index (χ4v) is 1.85. The summed E-state index contributed by atoms with van der Waals surface area (Å²) in [5.41, 5.74) is 7.09. The van der Waals surface area contributed by atoms with Crippen molar-refractivity contribution in [3.05, 3.63) is 57.9 Å². The Morgan fingerprint density at radius 2 is 2.14 bits per heavy atom. The summed E-state index contributed by atoms with van der Waals surface area (Å²) in [6.45, 7) is 1.83. The molecule has 3 N–H and O–H groups in total. The van der Waals surface area contributed by atoms with Crippen molar-refractivity contribution in [3.63, 3.8) is 0 Å². The second-order valence-electron chi connectivity index (χ2n) is 4.39. The van der Waals surface area contributed by atoms with Crippen molar-refractivity contribution in [2.24, 2.45) is 0 Å². The highest BCUT2D eigenvalue weighted by atomic mass is 16.6. The van der Waals surface area contributed by atoms with Gasteiger partial charge in [-0.2, -0.15) is 0 Å². The number of nitro groups is 1. The average Bonchev–Trinajstić information content (AvgIpc) is 2.47. The van der Waals surface area contributed by atoms with E-state index >= 15 is 0 Å². The van der Waals surface area contributed by atoms with Crippen molar-refractivity contribution in [2.45, 2.75) is 13.3 Å². The molecular weight excluding hydrogens is 272 g/mol. The van der Waals surface area contributed by atoms with Gasteiger partial charge in [-0.3, -0.25) is 14.9 Å². The van der Waals surface area contributed by atoms with Gasteiger partial charge in [0.15, 0.2) is 0 Å². The number of aromatic nitrogens is 1. The standard InChI is InChI=1S/C14H14N4O3/c1-2-9-3-5-11(7-13(9)18(20)21)17-14(19)12-6-4-10(15)8-16-12/h3-8H,2,15H2,1H3,(H,17,19). The second kappa shape index (κ2) is 6.00. The van der Waals surface area contributed by atoms with Crippen molar-refractivity contribution in [1.82, 2.24) is 4.98 Å². The zero-order valence-electron chi connectivity index (χ0n) is 11.4. The Balaban J connectivity index is 2.23. The summed E-state index contributed by atoms with van der Waals surface area (Å²) in [5, 5.41) is 13.6. The van der Waals surface area contributed by atoms with Crippen molar-refractivity contribution in [1.29, 1.82) is 0 Å². The van der Waals surface area contributed by atoms with E-state index in [9.17, 15) is 14.9 Å². The summed E-state index contributed by atoms with van der Waals surface area (Å²) in [6, 6.07) is 7.64.